The summed E-state index contributed by atoms with van der Waals surface area (Å²) in [5.41, 5.74) is -0.117. The molecule has 0 aromatic carbocycles. The van der Waals surface area contributed by atoms with Gasteiger partial charge in [-0.25, -0.2) is 0 Å². The lowest BCUT2D eigenvalue weighted by molar-refractivity contribution is -0.373. The molecule has 4 aliphatic carbocycles. The molecule has 7 rings (SSSR count). The first-order valence-corrected chi connectivity index (χ1v) is 20.3. The molecule has 22 atom stereocenters. The SMILES string of the molecule is CC(C)CC[C@]1(O)O[C@@H]2[C@H](O)[C@@H]3[C@H]4CC[C@H]5C[C@@H](O[C@H]6O[C@@H](CO)[C@H](O)[C@@H](O)[C@@H]6O[C@@H]6O[C@H](CO)[C@H](O)[C@H](O)[C@@H]6O)CC[C@@]5(C)[C@@H]4CC[C@@]3(C)[C@@H]2[C@H]1C. The maximum atomic E-state index is 12.0. The van der Waals surface area contributed by atoms with Gasteiger partial charge in [0.15, 0.2) is 18.4 Å². The fraction of sp³-hybridized carbons (Fsp3) is 1.00. The van der Waals surface area contributed by atoms with Gasteiger partial charge in [0.25, 0.3) is 0 Å². The minimum atomic E-state index is -1.74. The maximum absolute atomic E-state index is 12.0. The van der Waals surface area contributed by atoms with E-state index in [2.05, 4.69) is 34.6 Å². The lowest BCUT2D eigenvalue weighted by Gasteiger charge is -2.61. The van der Waals surface area contributed by atoms with E-state index in [4.69, 9.17) is 23.7 Å². The zero-order valence-corrected chi connectivity index (χ0v) is 31.9. The number of fused-ring (bicyclic) bond motifs is 7. The van der Waals surface area contributed by atoms with Crippen molar-refractivity contribution in [3.05, 3.63) is 0 Å². The van der Waals surface area contributed by atoms with Crippen molar-refractivity contribution in [2.75, 3.05) is 13.2 Å². The first kappa shape index (κ1) is 40.6. The van der Waals surface area contributed by atoms with Crippen LogP contribution in [-0.2, 0) is 23.7 Å². The number of ether oxygens (including phenoxy) is 5. The molecular formula is C39H66O14. The Kier molecular flexibility index (Phi) is 11.5. The highest BCUT2D eigenvalue weighted by Gasteiger charge is 2.71. The smallest absolute Gasteiger partial charge is 0.187 e. The van der Waals surface area contributed by atoms with Gasteiger partial charge in [-0.05, 0) is 91.8 Å². The second kappa shape index (κ2) is 15.0. The third-order valence-electron chi connectivity index (χ3n) is 15.7. The van der Waals surface area contributed by atoms with E-state index in [1.54, 1.807) is 0 Å². The summed E-state index contributed by atoms with van der Waals surface area (Å²) >= 11 is 0. The van der Waals surface area contributed by atoms with Crippen LogP contribution in [0.5, 0.6) is 0 Å². The second-order valence-electron chi connectivity index (χ2n) is 18.8. The highest BCUT2D eigenvalue weighted by Crippen LogP contribution is 2.71. The molecule has 53 heavy (non-hydrogen) atoms. The van der Waals surface area contributed by atoms with E-state index in [-0.39, 0.29) is 40.8 Å². The van der Waals surface area contributed by atoms with Crippen molar-refractivity contribution in [3.8, 4) is 0 Å². The van der Waals surface area contributed by atoms with E-state index >= 15 is 0 Å². The molecule has 306 valence electrons. The van der Waals surface area contributed by atoms with Gasteiger partial charge in [-0.1, -0.05) is 34.6 Å². The monoisotopic (exact) mass is 758 g/mol. The molecule has 0 spiro atoms. The van der Waals surface area contributed by atoms with Crippen LogP contribution >= 0.6 is 0 Å². The molecule has 14 nitrogen and oxygen atoms in total. The van der Waals surface area contributed by atoms with Crippen LogP contribution in [-0.4, -0.2) is 145 Å². The largest absolute Gasteiger partial charge is 0.394 e. The van der Waals surface area contributed by atoms with Crippen molar-refractivity contribution >= 4 is 0 Å². The Bertz CT molecular complexity index is 1270. The van der Waals surface area contributed by atoms with Crippen molar-refractivity contribution in [2.45, 2.75) is 178 Å². The molecule has 0 amide bonds. The summed E-state index contributed by atoms with van der Waals surface area (Å²) in [6.45, 7) is 9.90. The second-order valence-corrected chi connectivity index (χ2v) is 18.8. The standard InChI is InChI=1S/C39H66O14/c1-17(2)8-13-39(48)18(3)25-33(53-39)29(44)26-21-7-6-19-14-20(9-11-37(19,4)22(21)10-12-38(25,26)5)49-36-34(31(46)28(43)24(16-41)51-36)52-35-32(47)30(45)27(42)23(15-40)50-35/h17-36,40-48H,6-16H2,1-5H3/t18-,19+,20+,21+,22-,23-,24+,25-,26+,27+,28+,29-,30+,31-,32+,33+,34+,35+,36+,37-,38+,39+/m1/s1. The molecule has 9 N–H and O–H groups in total. The van der Waals surface area contributed by atoms with Crippen molar-refractivity contribution in [2.24, 2.45) is 52.3 Å². The van der Waals surface area contributed by atoms with Gasteiger partial charge in [0.1, 0.15) is 48.8 Å². The zero-order chi connectivity index (χ0) is 38.4. The third kappa shape index (κ3) is 6.66. The number of aliphatic hydroxyl groups is 9. The number of hydrogen-bond acceptors (Lipinski definition) is 14. The van der Waals surface area contributed by atoms with Gasteiger partial charge >= 0.3 is 0 Å². The molecule has 0 aromatic heterocycles. The number of rotatable bonds is 9. The van der Waals surface area contributed by atoms with Gasteiger partial charge in [-0.3, -0.25) is 0 Å². The fourth-order valence-electron chi connectivity index (χ4n) is 12.7. The van der Waals surface area contributed by atoms with E-state index in [1.807, 2.05) is 0 Å². The first-order chi connectivity index (χ1) is 25.0. The van der Waals surface area contributed by atoms with Gasteiger partial charge in [0, 0.05) is 18.3 Å². The van der Waals surface area contributed by atoms with E-state index in [9.17, 15) is 46.0 Å². The van der Waals surface area contributed by atoms with Crippen molar-refractivity contribution in [3.63, 3.8) is 0 Å². The predicted octanol–water partition coefficient (Wildman–Crippen LogP) is 0.395. The summed E-state index contributed by atoms with van der Waals surface area (Å²) in [6, 6.07) is 0. The zero-order valence-electron chi connectivity index (χ0n) is 31.9. The molecular weight excluding hydrogens is 692 g/mol. The van der Waals surface area contributed by atoms with E-state index in [0.717, 1.165) is 38.5 Å². The van der Waals surface area contributed by atoms with Crippen LogP contribution in [0.2, 0.25) is 0 Å². The Morgan fingerprint density at radius 1 is 0.717 bits per heavy atom. The van der Waals surface area contributed by atoms with E-state index < -0.39 is 86.5 Å². The topological polar surface area (TPSA) is 228 Å². The molecule has 4 saturated carbocycles. The average molecular weight is 759 g/mol. The summed E-state index contributed by atoms with van der Waals surface area (Å²) in [4.78, 5) is 0. The first-order valence-electron chi connectivity index (χ1n) is 20.3. The summed E-state index contributed by atoms with van der Waals surface area (Å²) in [5, 5.41) is 96.3. The van der Waals surface area contributed by atoms with E-state index in [1.165, 1.54) is 0 Å². The maximum Gasteiger partial charge on any atom is 0.187 e. The molecule has 14 heteroatoms. The van der Waals surface area contributed by atoms with Crippen LogP contribution in [0.25, 0.3) is 0 Å². The van der Waals surface area contributed by atoms with Gasteiger partial charge in [-0.2, -0.15) is 0 Å². The van der Waals surface area contributed by atoms with Crippen LogP contribution in [0, 0.1) is 52.3 Å². The molecule has 3 heterocycles. The van der Waals surface area contributed by atoms with E-state index in [0.29, 0.717) is 42.9 Å². The molecule has 3 saturated heterocycles. The average Bonchev–Trinajstić information content (AvgIpc) is 3.52. The van der Waals surface area contributed by atoms with Crippen molar-refractivity contribution in [1.29, 1.82) is 0 Å². The number of aliphatic hydroxyl groups excluding tert-OH is 8. The fourth-order valence-corrected chi connectivity index (χ4v) is 12.7. The molecule has 0 aromatic rings. The normalized spacial score (nSPS) is 56.8. The molecule has 3 aliphatic heterocycles. The summed E-state index contributed by atoms with van der Waals surface area (Å²) < 4.78 is 30.4. The molecule has 0 unspecified atom stereocenters. The van der Waals surface area contributed by atoms with Crippen LogP contribution in [0.15, 0.2) is 0 Å². The van der Waals surface area contributed by atoms with Crippen LogP contribution in [0.4, 0.5) is 0 Å². The predicted molar refractivity (Wildman–Crippen MR) is 186 cm³/mol. The molecule has 0 radical (unpaired) electrons. The lowest BCUT2D eigenvalue weighted by atomic mass is 9.44. The molecule has 7 aliphatic rings. The van der Waals surface area contributed by atoms with Gasteiger partial charge in [-0.15, -0.1) is 0 Å². The van der Waals surface area contributed by atoms with Crippen LogP contribution in [0.3, 0.4) is 0 Å². The highest BCUT2D eigenvalue weighted by atomic mass is 16.8. The highest BCUT2D eigenvalue weighted by molar-refractivity contribution is 5.18. The van der Waals surface area contributed by atoms with Crippen molar-refractivity contribution in [1.82, 2.24) is 0 Å². The Morgan fingerprint density at radius 3 is 2.02 bits per heavy atom. The quantitative estimate of drug-likeness (QED) is 0.145. The Balaban J connectivity index is 1.04. The van der Waals surface area contributed by atoms with Gasteiger partial charge in [0.2, 0.25) is 0 Å². The van der Waals surface area contributed by atoms with Gasteiger partial charge < -0.3 is 69.6 Å². The lowest BCUT2D eigenvalue weighted by Crippen LogP contribution is -2.65. The van der Waals surface area contributed by atoms with Crippen LogP contribution < -0.4 is 0 Å². The Labute approximate surface area is 312 Å². The summed E-state index contributed by atoms with van der Waals surface area (Å²) in [5.74, 6) is 0.445. The van der Waals surface area contributed by atoms with Gasteiger partial charge in [0.05, 0.1) is 31.5 Å². The third-order valence-corrected chi connectivity index (χ3v) is 15.7. The number of hydrogen-bond donors (Lipinski definition) is 9. The minimum Gasteiger partial charge on any atom is -0.394 e. The Hall–Kier alpha value is -0.560. The minimum absolute atomic E-state index is 0.00892. The molecule has 7 fully saturated rings. The summed E-state index contributed by atoms with van der Waals surface area (Å²) in [7, 11) is 0. The Morgan fingerprint density at radius 2 is 1.36 bits per heavy atom. The van der Waals surface area contributed by atoms with Crippen LogP contribution in [0.1, 0.15) is 92.4 Å². The molecule has 0 bridgehead atoms. The van der Waals surface area contributed by atoms with Crippen molar-refractivity contribution < 1.29 is 69.6 Å². The summed E-state index contributed by atoms with van der Waals surface area (Å²) in [6.07, 6.45) is -8.50.